The molecule has 3 N–H and O–H groups in total. The quantitative estimate of drug-likeness (QED) is 0.454. The van der Waals surface area contributed by atoms with Crippen molar-refractivity contribution in [3.63, 3.8) is 0 Å². The number of carbonyl (C=O) groups is 1. The maximum Gasteiger partial charge on any atom is 0.271 e. The van der Waals surface area contributed by atoms with Crippen LogP contribution in [-0.2, 0) is 0 Å². The largest absolute Gasteiger partial charge is 0.504 e. The number of hydrazone groups is 1. The number of hydrogen-bond acceptors (Lipinski definition) is 4. The predicted molar refractivity (Wildman–Crippen MR) is 76.0 cm³/mol. The van der Waals surface area contributed by atoms with Gasteiger partial charge >= 0.3 is 0 Å². The number of hydrogen-bond donors (Lipinski definition) is 3. The number of phenolic OH excluding ortho intramolecular Hbond substituents is 2. The van der Waals surface area contributed by atoms with Crippen LogP contribution in [-0.4, -0.2) is 22.3 Å². The van der Waals surface area contributed by atoms with E-state index < -0.39 is 0 Å². The monoisotopic (exact) mass is 270 g/mol. The Morgan fingerprint density at radius 1 is 1.15 bits per heavy atom. The van der Waals surface area contributed by atoms with Crippen molar-refractivity contribution in [1.29, 1.82) is 0 Å². The Balaban J connectivity index is 2.02. The second-order valence-electron chi connectivity index (χ2n) is 4.32. The summed E-state index contributed by atoms with van der Waals surface area (Å²) in [7, 11) is 0. The first-order chi connectivity index (χ1) is 9.56. The minimum Gasteiger partial charge on any atom is -0.504 e. The van der Waals surface area contributed by atoms with Crippen molar-refractivity contribution in [2.75, 3.05) is 0 Å². The minimum atomic E-state index is -0.312. The van der Waals surface area contributed by atoms with E-state index in [0.29, 0.717) is 11.1 Å². The van der Waals surface area contributed by atoms with E-state index >= 15 is 0 Å². The Morgan fingerprint density at radius 3 is 2.65 bits per heavy atom. The summed E-state index contributed by atoms with van der Waals surface area (Å²) in [6.07, 6.45) is 1.38. The van der Waals surface area contributed by atoms with Gasteiger partial charge in [-0.15, -0.1) is 0 Å². The standard InChI is InChI=1S/C15H14N2O3/c1-10-3-2-4-12(7-10)15(20)17-16-9-11-5-6-13(18)14(19)8-11/h2-9,18-19H,1H3,(H,17,20)/b16-9-. The van der Waals surface area contributed by atoms with Gasteiger partial charge in [0.2, 0.25) is 0 Å². The second kappa shape index (κ2) is 5.88. The normalized spacial score (nSPS) is 10.7. The maximum atomic E-state index is 11.8. The molecule has 0 aliphatic carbocycles. The lowest BCUT2D eigenvalue weighted by Crippen LogP contribution is -2.17. The van der Waals surface area contributed by atoms with E-state index in [9.17, 15) is 9.90 Å². The Bertz CT molecular complexity index is 666. The summed E-state index contributed by atoms with van der Waals surface area (Å²) in [6.45, 7) is 1.90. The summed E-state index contributed by atoms with van der Waals surface area (Å²) in [4.78, 5) is 11.8. The van der Waals surface area contributed by atoms with Crippen molar-refractivity contribution >= 4 is 12.1 Å². The summed E-state index contributed by atoms with van der Waals surface area (Å²) in [5, 5.41) is 22.3. The summed E-state index contributed by atoms with van der Waals surface area (Å²) in [6, 6.07) is 11.4. The smallest absolute Gasteiger partial charge is 0.271 e. The van der Waals surface area contributed by atoms with E-state index in [1.807, 2.05) is 13.0 Å². The molecule has 2 rings (SSSR count). The van der Waals surface area contributed by atoms with Crippen LogP contribution in [0.15, 0.2) is 47.6 Å². The molecule has 5 heteroatoms. The molecular formula is C15H14N2O3. The van der Waals surface area contributed by atoms with Gasteiger partial charge in [0.25, 0.3) is 5.91 Å². The molecule has 5 nitrogen and oxygen atoms in total. The van der Waals surface area contributed by atoms with Crippen LogP contribution in [0.1, 0.15) is 21.5 Å². The second-order valence-corrected chi connectivity index (χ2v) is 4.32. The van der Waals surface area contributed by atoms with Crippen molar-refractivity contribution < 1.29 is 15.0 Å². The van der Waals surface area contributed by atoms with Gasteiger partial charge in [0.05, 0.1) is 6.21 Å². The average Bonchev–Trinajstić information content (AvgIpc) is 2.42. The molecule has 0 saturated heterocycles. The van der Waals surface area contributed by atoms with Crippen LogP contribution >= 0.6 is 0 Å². The third-order valence-electron chi connectivity index (χ3n) is 2.66. The molecule has 1 amide bonds. The lowest BCUT2D eigenvalue weighted by molar-refractivity contribution is 0.0955. The molecule has 0 bridgehead atoms. The zero-order valence-corrected chi connectivity index (χ0v) is 10.9. The molecule has 0 fully saturated rings. The molecule has 0 heterocycles. The van der Waals surface area contributed by atoms with E-state index in [2.05, 4.69) is 10.5 Å². The van der Waals surface area contributed by atoms with Gasteiger partial charge in [-0.05, 0) is 42.8 Å². The SMILES string of the molecule is Cc1cccc(C(=O)N/N=C\c2ccc(O)c(O)c2)c1. The number of aryl methyl sites for hydroxylation is 1. The van der Waals surface area contributed by atoms with Crippen LogP contribution in [0.4, 0.5) is 0 Å². The molecule has 0 aliphatic rings. The van der Waals surface area contributed by atoms with Crippen LogP contribution < -0.4 is 5.43 Å². The Labute approximate surface area is 116 Å². The summed E-state index contributed by atoms with van der Waals surface area (Å²) in [5.41, 5.74) is 4.47. The molecule has 20 heavy (non-hydrogen) atoms. The van der Waals surface area contributed by atoms with Crippen LogP contribution in [0.3, 0.4) is 0 Å². The van der Waals surface area contributed by atoms with E-state index in [1.54, 1.807) is 24.3 Å². The van der Waals surface area contributed by atoms with Gasteiger partial charge in [-0.3, -0.25) is 4.79 Å². The maximum absolute atomic E-state index is 11.8. The fourth-order valence-corrected chi connectivity index (χ4v) is 1.64. The predicted octanol–water partition coefficient (Wildman–Crippen LogP) is 2.17. The third kappa shape index (κ3) is 3.35. The third-order valence-corrected chi connectivity index (χ3v) is 2.66. The molecule has 0 atom stereocenters. The molecule has 102 valence electrons. The molecule has 0 unspecified atom stereocenters. The lowest BCUT2D eigenvalue weighted by Gasteiger charge is -2.01. The number of carbonyl (C=O) groups excluding carboxylic acids is 1. The fraction of sp³-hybridized carbons (Fsp3) is 0.0667. The Kier molecular flexibility index (Phi) is 4.00. The van der Waals surface area contributed by atoms with E-state index in [1.165, 1.54) is 18.3 Å². The fourth-order valence-electron chi connectivity index (χ4n) is 1.64. The van der Waals surface area contributed by atoms with Crippen molar-refractivity contribution in [3.8, 4) is 11.5 Å². The highest BCUT2D eigenvalue weighted by molar-refractivity contribution is 5.95. The highest BCUT2D eigenvalue weighted by Crippen LogP contribution is 2.23. The first kappa shape index (κ1) is 13.6. The number of nitrogens with one attached hydrogen (secondary N) is 1. The van der Waals surface area contributed by atoms with Gasteiger partial charge in [0.15, 0.2) is 11.5 Å². The molecular weight excluding hydrogens is 256 g/mol. The van der Waals surface area contributed by atoms with Crippen molar-refractivity contribution in [2.24, 2.45) is 5.10 Å². The van der Waals surface area contributed by atoms with Gasteiger partial charge in [0, 0.05) is 5.56 Å². The van der Waals surface area contributed by atoms with Crippen molar-refractivity contribution in [2.45, 2.75) is 6.92 Å². The van der Waals surface area contributed by atoms with E-state index in [4.69, 9.17) is 5.11 Å². The van der Waals surface area contributed by atoms with Crippen LogP contribution in [0.25, 0.3) is 0 Å². The highest BCUT2D eigenvalue weighted by Gasteiger charge is 2.03. The van der Waals surface area contributed by atoms with Gasteiger partial charge in [0.1, 0.15) is 0 Å². The minimum absolute atomic E-state index is 0.203. The summed E-state index contributed by atoms with van der Waals surface area (Å²) in [5.74, 6) is -0.752. The summed E-state index contributed by atoms with van der Waals surface area (Å²) >= 11 is 0. The number of phenols is 2. The molecule has 0 aliphatic heterocycles. The lowest BCUT2D eigenvalue weighted by atomic mass is 10.1. The first-order valence-electron chi connectivity index (χ1n) is 5.98. The zero-order chi connectivity index (χ0) is 14.5. The Morgan fingerprint density at radius 2 is 1.95 bits per heavy atom. The van der Waals surface area contributed by atoms with E-state index in [-0.39, 0.29) is 17.4 Å². The molecule has 0 radical (unpaired) electrons. The highest BCUT2D eigenvalue weighted by atomic mass is 16.3. The van der Waals surface area contributed by atoms with Gasteiger partial charge in [-0.2, -0.15) is 5.10 Å². The molecule has 0 saturated carbocycles. The molecule has 2 aromatic rings. The van der Waals surface area contributed by atoms with Crippen LogP contribution in [0.2, 0.25) is 0 Å². The van der Waals surface area contributed by atoms with Crippen LogP contribution in [0.5, 0.6) is 11.5 Å². The number of rotatable bonds is 3. The van der Waals surface area contributed by atoms with E-state index in [0.717, 1.165) is 5.56 Å². The number of aromatic hydroxyl groups is 2. The van der Waals surface area contributed by atoms with Gasteiger partial charge in [-0.1, -0.05) is 17.7 Å². The molecule has 0 spiro atoms. The molecule has 2 aromatic carbocycles. The number of amides is 1. The topological polar surface area (TPSA) is 81.9 Å². The molecule has 0 aromatic heterocycles. The van der Waals surface area contributed by atoms with Crippen molar-refractivity contribution in [3.05, 3.63) is 59.2 Å². The van der Waals surface area contributed by atoms with Gasteiger partial charge in [-0.25, -0.2) is 5.43 Å². The number of benzene rings is 2. The average molecular weight is 270 g/mol. The van der Waals surface area contributed by atoms with Gasteiger partial charge < -0.3 is 10.2 Å². The van der Waals surface area contributed by atoms with Crippen molar-refractivity contribution in [1.82, 2.24) is 5.43 Å². The number of nitrogens with zero attached hydrogens (tertiary/aromatic N) is 1. The summed E-state index contributed by atoms with van der Waals surface area (Å²) < 4.78 is 0. The first-order valence-corrected chi connectivity index (χ1v) is 5.98. The van der Waals surface area contributed by atoms with Crippen LogP contribution in [0, 0.1) is 6.92 Å². The Hall–Kier alpha value is -2.82. The zero-order valence-electron chi connectivity index (χ0n) is 10.9.